The van der Waals surface area contributed by atoms with Crippen molar-refractivity contribution in [1.29, 1.82) is 0 Å². The number of hydrogen-bond acceptors (Lipinski definition) is 4. The van der Waals surface area contributed by atoms with E-state index < -0.39 is 0 Å². The van der Waals surface area contributed by atoms with Crippen LogP contribution in [0.4, 0.5) is 0 Å². The van der Waals surface area contributed by atoms with Gasteiger partial charge in [-0.2, -0.15) is 0 Å². The molecule has 0 aromatic carbocycles. The molecule has 0 spiro atoms. The van der Waals surface area contributed by atoms with Crippen molar-refractivity contribution < 1.29 is 9.59 Å². The van der Waals surface area contributed by atoms with Gasteiger partial charge in [0.1, 0.15) is 0 Å². The van der Waals surface area contributed by atoms with Crippen LogP contribution < -0.4 is 10.6 Å². The van der Waals surface area contributed by atoms with Crippen molar-refractivity contribution in [3.05, 3.63) is 0 Å². The lowest BCUT2D eigenvalue weighted by atomic mass is 10.0. The number of amides is 2. The van der Waals surface area contributed by atoms with E-state index in [4.69, 9.17) is 0 Å². The molecule has 0 aromatic heterocycles. The average Bonchev–Trinajstić information content (AvgIpc) is 3.14. The second-order valence-electron chi connectivity index (χ2n) is 5.65. The third-order valence-electron chi connectivity index (χ3n) is 4.12. The summed E-state index contributed by atoms with van der Waals surface area (Å²) < 4.78 is 0. The van der Waals surface area contributed by atoms with Gasteiger partial charge in [0.15, 0.2) is 0 Å². The van der Waals surface area contributed by atoms with Crippen molar-refractivity contribution in [2.75, 3.05) is 24.7 Å². The molecule has 5 nitrogen and oxygen atoms in total. The molecule has 0 radical (unpaired) electrons. The minimum atomic E-state index is 0.00241. The number of nitrogens with one attached hydrogen (secondary N) is 2. The van der Waals surface area contributed by atoms with Gasteiger partial charge in [0.05, 0.1) is 6.04 Å². The Bertz CT molecular complexity index is 359. The van der Waals surface area contributed by atoms with Gasteiger partial charge >= 0.3 is 0 Å². The molecule has 1 aliphatic carbocycles. The Hall–Kier alpha value is -0.750. The summed E-state index contributed by atoms with van der Waals surface area (Å²) in [7, 11) is 0. The fourth-order valence-electron chi connectivity index (χ4n) is 2.68. The van der Waals surface area contributed by atoms with Crippen molar-refractivity contribution in [3.63, 3.8) is 0 Å². The molecule has 2 saturated heterocycles. The van der Waals surface area contributed by atoms with Crippen molar-refractivity contribution in [1.82, 2.24) is 15.5 Å². The largest absolute Gasteiger partial charge is 0.353 e. The highest BCUT2D eigenvalue weighted by atomic mass is 32.2. The standard InChI is InChI=1S/C13H21N3O2S/c17-12(9-1-2-9)15-10-3-5-16(6-4-10)13(18)11-7-19-8-14-11/h9-11,14H,1-8H2,(H,15,17). The Morgan fingerprint density at radius 3 is 2.47 bits per heavy atom. The SMILES string of the molecule is O=C(NC1CCN(C(=O)C2CSCN2)CC1)C1CC1. The van der Waals surface area contributed by atoms with Crippen LogP contribution in [0.3, 0.4) is 0 Å². The average molecular weight is 283 g/mol. The van der Waals surface area contributed by atoms with E-state index in [0.29, 0.717) is 0 Å². The second kappa shape index (κ2) is 5.71. The number of piperidine rings is 1. The van der Waals surface area contributed by atoms with Crippen LogP contribution in [-0.4, -0.2) is 53.5 Å². The third kappa shape index (κ3) is 3.23. The topological polar surface area (TPSA) is 61.4 Å². The number of carbonyl (C=O) groups excluding carboxylic acids is 2. The number of nitrogens with zero attached hydrogens (tertiary/aromatic N) is 1. The summed E-state index contributed by atoms with van der Waals surface area (Å²) in [5.74, 6) is 2.50. The van der Waals surface area contributed by atoms with Gasteiger partial charge in [-0.1, -0.05) is 0 Å². The van der Waals surface area contributed by atoms with Gasteiger partial charge in [0.2, 0.25) is 11.8 Å². The summed E-state index contributed by atoms with van der Waals surface area (Å²) in [6.45, 7) is 1.55. The molecule has 0 bridgehead atoms. The van der Waals surface area contributed by atoms with Crippen molar-refractivity contribution in [2.24, 2.45) is 5.92 Å². The van der Waals surface area contributed by atoms with Gasteiger partial charge in [-0.05, 0) is 25.7 Å². The van der Waals surface area contributed by atoms with Crippen LogP contribution in [0, 0.1) is 5.92 Å². The zero-order valence-corrected chi connectivity index (χ0v) is 11.9. The molecule has 2 N–H and O–H groups in total. The van der Waals surface area contributed by atoms with Crippen molar-refractivity contribution in [2.45, 2.75) is 37.8 Å². The highest BCUT2D eigenvalue weighted by Gasteiger charge is 2.33. The maximum atomic E-state index is 12.2. The van der Waals surface area contributed by atoms with E-state index in [1.807, 2.05) is 4.90 Å². The molecule has 1 saturated carbocycles. The molecule has 3 fully saturated rings. The summed E-state index contributed by atoms with van der Waals surface area (Å²) >= 11 is 1.78. The van der Waals surface area contributed by atoms with Crippen molar-refractivity contribution in [3.8, 4) is 0 Å². The fraction of sp³-hybridized carbons (Fsp3) is 0.846. The number of hydrogen-bond donors (Lipinski definition) is 2. The van der Waals surface area contributed by atoms with Crippen molar-refractivity contribution >= 4 is 23.6 Å². The van der Waals surface area contributed by atoms with E-state index in [-0.39, 0.29) is 29.8 Å². The fourth-order valence-corrected chi connectivity index (χ4v) is 3.62. The molecular formula is C13H21N3O2S. The Labute approximate surface area is 117 Å². The van der Waals surface area contributed by atoms with Crippen LogP contribution in [0.2, 0.25) is 0 Å². The first kappa shape index (κ1) is 13.2. The van der Waals surface area contributed by atoms with Crippen LogP contribution in [0.15, 0.2) is 0 Å². The molecule has 1 unspecified atom stereocenters. The van der Waals surface area contributed by atoms with E-state index in [1.165, 1.54) is 0 Å². The maximum absolute atomic E-state index is 12.2. The van der Waals surface area contributed by atoms with E-state index >= 15 is 0 Å². The minimum Gasteiger partial charge on any atom is -0.353 e. The monoisotopic (exact) mass is 283 g/mol. The summed E-state index contributed by atoms with van der Waals surface area (Å²) in [5.41, 5.74) is 0. The molecular weight excluding hydrogens is 262 g/mol. The van der Waals surface area contributed by atoms with Crippen LogP contribution in [-0.2, 0) is 9.59 Å². The zero-order chi connectivity index (χ0) is 13.2. The summed E-state index contributed by atoms with van der Waals surface area (Å²) in [6.07, 6.45) is 3.89. The number of likely N-dealkylation sites (tertiary alicyclic amines) is 1. The first-order valence-corrected chi connectivity index (χ1v) is 8.30. The van der Waals surface area contributed by atoms with Gasteiger partial charge < -0.3 is 10.2 Å². The molecule has 6 heteroatoms. The second-order valence-corrected chi connectivity index (χ2v) is 6.68. The van der Waals surface area contributed by atoms with E-state index in [1.54, 1.807) is 11.8 Å². The molecule has 3 rings (SSSR count). The first-order valence-electron chi connectivity index (χ1n) is 7.14. The predicted octanol–water partition coefficient (Wildman–Crippen LogP) is 0.166. The Kier molecular flexibility index (Phi) is 3.98. The van der Waals surface area contributed by atoms with Gasteiger partial charge in [-0.3, -0.25) is 14.9 Å². The van der Waals surface area contributed by atoms with Crippen LogP contribution in [0.5, 0.6) is 0 Å². The van der Waals surface area contributed by atoms with Gasteiger partial charge in [0, 0.05) is 36.7 Å². The van der Waals surface area contributed by atoms with Crippen LogP contribution >= 0.6 is 11.8 Å². The zero-order valence-electron chi connectivity index (χ0n) is 11.1. The van der Waals surface area contributed by atoms with E-state index in [9.17, 15) is 9.59 Å². The quantitative estimate of drug-likeness (QED) is 0.775. The molecule has 2 heterocycles. The first-order chi connectivity index (χ1) is 9.24. The molecule has 2 amide bonds. The molecule has 0 aromatic rings. The Balaban J connectivity index is 1.43. The molecule has 106 valence electrons. The normalized spacial score (nSPS) is 28.4. The lowest BCUT2D eigenvalue weighted by Gasteiger charge is -2.33. The van der Waals surface area contributed by atoms with Gasteiger partial charge in [-0.25, -0.2) is 0 Å². The number of thioether (sulfide) groups is 1. The number of carbonyl (C=O) groups is 2. The highest BCUT2D eigenvalue weighted by Crippen LogP contribution is 2.29. The summed E-state index contributed by atoms with van der Waals surface area (Å²) in [6, 6.07) is 0.269. The minimum absolute atomic E-state index is 0.00241. The Morgan fingerprint density at radius 1 is 1.16 bits per heavy atom. The van der Waals surface area contributed by atoms with E-state index in [2.05, 4.69) is 10.6 Å². The highest BCUT2D eigenvalue weighted by molar-refractivity contribution is 7.99. The summed E-state index contributed by atoms with van der Waals surface area (Å²) in [4.78, 5) is 25.9. The van der Waals surface area contributed by atoms with Gasteiger partial charge in [0.25, 0.3) is 0 Å². The van der Waals surface area contributed by atoms with Crippen LogP contribution in [0.25, 0.3) is 0 Å². The number of rotatable bonds is 3. The maximum Gasteiger partial charge on any atom is 0.240 e. The molecule has 3 aliphatic rings. The lowest BCUT2D eigenvalue weighted by molar-refractivity contribution is -0.133. The third-order valence-corrected chi connectivity index (χ3v) is 5.06. The molecule has 19 heavy (non-hydrogen) atoms. The van der Waals surface area contributed by atoms with E-state index in [0.717, 1.165) is 50.4 Å². The predicted molar refractivity (Wildman–Crippen MR) is 74.7 cm³/mol. The smallest absolute Gasteiger partial charge is 0.240 e. The summed E-state index contributed by atoms with van der Waals surface area (Å²) in [5, 5.41) is 6.34. The van der Waals surface area contributed by atoms with Crippen LogP contribution in [0.1, 0.15) is 25.7 Å². The lowest BCUT2D eigenvalue weighted by Crippen LogP contribution is -2.51. The molecule has 1 atom stereocenters. The van der Waals surface area contributed by atoms with Gasteiger partial charge in [-0.15, -0.1) is 11.8 Å². The Morgan fingerprint density at radius 2 is 1.89 bits per heavy atom. The molecule has 2 aliphatic heterocycles.